The Hall–Kier alpha value is -2.34. The van der Waals surface area contributed by atoms with Gasteiger partial charge in [-0.2, -0.15) is 0 Å². The number of ether oxygens (including phenoxy) is 1. The van der Waals surface area contributed by atoms with Crippen LogP contribution in [-0.2, 0) is 9.53 Å². The van der Waals surface area contributed by atoms with Crippen molar-refractivity contribution in [2.24, 2.45) is 0 Å². The van der Waals surface area contributed by atoms with Crippen LogP contribution in [0.15, 0.2) is 35.7 Å². The van der Waals surface area contributed by atoms with E-state index < -0.39 is 6.04 Å². The van der Waals surface area contributed by atoms with Crippen LogP contribution in [0.25, 0.3) is 21.7 Å². The Morgan fingerprint density at radius 2 is 2.19 bits per heavy atom. The molecule has 0 spiro atoms. The van der Waals surface area contributed by atoms with Crippen LogP contribution >= 0.6 is 11.3 Å². The molecule has 108 valence electrons. The van der Waals surface area contributed by atoms with Gasteiger partial charge in [0.15, 0.2) is 5.82 Å². The molecule has 0 saturated heterocycles. The second kappa shape index (κ2) is 5.21. The van der Waals surface area contributed by atoms with Crippen molar-refractivity contribution in [3.63, 3.8) is 0 Å². The maximum Gasteiger partial charge on any atom is 0.328 e. The van der Waals surface area contributed by atoms with E-state index in [2.05, 4.69) is 4.98 Å². The molecular weight excluding hydrogens is 286 g/mol. The predicted octanol–water partition coefficient (Wildman–Crippen LogP) is 3.08. The van der Waals surface area contributed by atoms with Gasteiger partial charge in [-0.1, -0.05) is 12.1 Å². The maximum atomic E-state index is 12.0. The Balaban J connectivity index is 2.31. The molecule has 1 atom stereocenters. The van der Waals surface area contributed by atoms with Crippen LogP contribution in [0.1, 0.15) is 13.0 Å². The molecule has 1 aromatic carbocycles. The average Bonchev–Trinajstić information content (AvgIpc) is 3.13. The molecule has 2 heterocycles. The summed E-state index contributed by atoms with van der Waals surface area (Å²) in [6, 6.07) is 9.03. The lowest BCUT2D eigenvalue weighted by Gasteiger charge is -2.14. The summed E-state index contributed by atoms with van der Waals surface area (Å²) < 4.78 is 6.75. The number of carbonyl (C=O) groups is 1. The normalized spacial score (nSPS) is 12.5. The Kier molecular flexibility index (Phi) is 3.39. The first-order valence-corrected chi connectivity index (χ1v) is 7.39. The quantitative estimate of drug-likeness (QED) is 0.596. The summed E-state index contributed by atoms with van der Waals surface area (Å²) in [6.07, 6.45) is 0. The number of hydrogen-bond acceptors (Lipinski definition) is 5. The highest BCUT2D eigenvalue weighted by Crippen LogP contribution is 2.33. The number of imidazole rings is 1. The third-order valence-electron chi connectivity index (χ3n) is 3.42. The molecule has 0 aliphatic rings. The molecule has 0 amide bonds. The van der Waals surface area contributed by atoms with Crippen LogP contribution in [-0.4, -0.2) is 22.6 Å². The van der Waals surface area contributed by atoms with Gasteiger partial charge in [0.05, 0.1) is 23.2 Å². The van der Waals surface area contributed by atoms with Gasteiger partial charge in [-0.25, -0.2) is 9.78 Å². The van der Waals surface area contributed by atoms with Crippen molar-refractivity contribution in [3.05, 3.63) is 35.7 Å². The van der Waals surface area contributed by atoms with Crippen molar-refractivity contribution in [2.45, 2.75) is 13.0 Å². The van der Waals surface area contributed by atoms with Gasteiger partial charge in [0.2, 0.25) is 0 Å². The van der Waals surface area contributed by atoms with E-state index in [1.165, 1.54) is 7.11 Å². The Morgan fingerprint density at radius 3 is 2.86 bits per heavy atom. The number of hydrogen-bond donors (Lipinski definition) is 1. The molecule has 3 aromatic rings. The number of para-hydroxylation sites is 1. The summed E-state index contributed by atoms with van der Waals surface area (Å²) >= 11 is 1.57. The standard InChI is InChI=1S/C15H15N3O2S/c1-9(15(19)20-2)18-11-6-3-5-10(16)13(11)17-14(18)12-7-4-8-21-12/h3-9H,16H2,1-2H3. The van der Waals surface area contributed by atoms with Gasteiger partial charge in [0, 0.05) is 0 Å². The number of methoxy groups -OCH3 is 1. The summed E-state index contributed by atoms with van der Waals surface area (Å²) in [6.45, 7) is 1.80. The molecule has 2 N–H and O–H groups in total. The van der Waals surface area contributed by atoms with Gasteiger partial charge in [-0.15, -0.1) is 11.3 Å². The van der Waals surface area contributed by atoms with Gasteiger partial charge in [-0.3, -0.25) is 0 Å². The van der Waals surface area contributed by atoms with E-state index in [0.29, 0.717) is 11.2 Å². The molecule has 6 heteroatoms. The number of thiophene rings is 1. The van der Waals surface area contributed by atoms with Crippen LogP contribution in [0, 0.1) is 0 Å². The van der Waals surface area contributed by atoms with Crippen LogP contribution in [0.3, 0.4) is 0 Å². The number of fused-ring (bicyclic) bond motifs is 1. The van der Waals surface area contributed by atoms with Crippen molar-refractivity contribution in [1.29, 1.82) is 0 Å². The SMILES string of the molecule is COC(=O)C(C)n1c(-c2cccs2)nc2c(N)cccc21. The van der Waals surface area contributed by atoms with Crippen LogP contribution in [0.5, 0.6) is 0 Å². The first kappa shape index (κ1) is 13.6. The molecule has 0 aliphatic heterocycles. The van der Waals surface area contributed by atoms with Crippen molar-refractivity contribution >= 4 is 34.0 Å². The van der Waals surface area contributed by atoms with E-state index in [4.69, 9.17) is 10.5 Å². The van der Waals surface area contributed by atoms with Crippen molar-refractivity contribution < 1.29 is 9.53 Å². The van der Waals surface area contributed by atoms with E-state index in [1.807, 2.05) is 34.2 Å². The number of carbonyl (C=O) groups excluding carboxylic acids is 1. The third kappa shape index (κ3) is 2.17. The second-order valence-electron chi connectivity index (χ2n) is 4.70. The molecule has 2 aromatic heterocycles. The Bertz CT molecular complexity index is 793. The number of rotatable bonds is 3. The highest BCUT2D eigenvalue weighted by molar-refractivity contribution is 7.13. The fraction of sp³-hybridized carbons (Fsp3) is 0.200. The van der Waals surface area contributed by atoms with Gasteiger partial charge < -0.3 is 15.0 Å². The molecule has 0 aliphatic carbocycles. The summed E-state index contributed by atoms with van der Waals surface area (Å²) in [7, 11) is 1.39. The molecule has 0 bridgehead atoms. The van der Waals surface area contributed by atoms with Gasteiger partial charge in [-0.05, 0) is 30.5 Å². The van der Waals surface area contributed by atoms with E-state index in [9.17, 15) is 4.79 Å². The number of benzene rings is 1. The minimum atomic E-state index is -0.473. The zero-order chi connectivity index (χ0) is 15.0. The second-order valence-corrected chi connectivity index (χ2v) is 5.64. The number of anilines is 1. The molecule has 3 rings (SSSR count). The summed E-state index contributed by atoms with van der Waals surface area (Å²) in [5.74, 6) is 0.422. The van der Waals surface area contributed by atoms with E-state index in [-0.39, 0.29) is 5.97 Å². The number of nitrogens with zero attached hydrogens (tertiary/aromatic N) is 2. The molecule has 0 saturated carbocycles. The summed E-state index contributed by atoms with van der Waals surface area (Å²) in [5.41, 5.74) is 8.15. The minimum absolute atomic E-state index is 0.311. The molecule has 0 radical (unpaired) electrons. The van der Waals surface area contributed by atoms with Crippen LogP contribution < -0.4 is 5.73 Å². The molecular formula is C15H15N3O2S. The predicted molar refractivity (Wildman–Crippen MR) is 84.2 cm³/mol. The smallest absolute Gasteiger partial charge is 0.328 e. The largest absolute Gasteiger partial charge is 0.467 e. The lowest BCUT2D eigenvalue weighted by atomic mass is 10.2. The zero-order valence-electron chi connectivity index (χ0n) is 11.7. The lowest BCUT2D eigenvalue weighted by molar-refractivity contribution is -0.143. The van der Waals surface area contributed by atoms with Gasteiger partial charge >= 0.3 is 5.97 Å². The fourth-order valence-corrected chi connectivity index (χ4v) is 3.10. The van der Waals surface area contributed by atoms with Crippen LogP contribution in [0.2, 0.25) is 0 Å². The van der Waals surface area contributed by atoms with Crippen molar-refractivity contribution in [1.82, 2.24) is 9.55 Å². The van der Waals surface area contributed by atoms with Crippen molar-refractivity contribution in [2.75, 3.05) is 12.8 Å². The molecule has 21 heavy (non-hydrogen) atoms. The average molecular weight is 301 g/mol. The Morgan fingerprint density at radius 1 is 1.38 bits per heavy atom. The zero-order valence-corrected chi connectivity index (χ0v) is 12.6. The first-order valence-electron chi connectivity index (χ1n) is 6.51. The van der Waals surface area contributed by atoms with Crippen molar-refractivity contribution in [3.8, 4) is 10.7 Å². The number of esters is 1. The molecule has 0 fully saturated rings. The van der Waals surface area contributed by atoms with Gasteiger partial charge in [0.1, 0.15) is 11.6 Å². The minimum Gasteiger partial charge on any atom is -0.467 e. The fourth-order valence-electron chi connectivity index (χ4n) is 2.39. The number of aromatic nitrogens is 2. The Labute approximate surface area is 126 Å². The first-order chi connectivity index (χ1) is 10.1. The summed E-state index contributed by atoms with van der Waals surface area (Å²) in [5, 5.41) is 1.98. The summed E-state index contributed by atoms with van der Waals surface area (Å²) in [4.78, 5) is 17.6. The molecule has 5 nitrogen and oxygen atoms in total. The van der Waals surface area contributed by atoms with E-state index >= 15 is 0 Å². The monoisotopic (exact) mass is 301 g/mol. The maximum absolute atomic E-state index is 12.0. The topological polar surface area (TPSA) is 70.1 Å². The van der Waals surface area contributed by atoms with E-state index in [0.717, 1.165) is 16.2 Å². The van der Waals surface area contributed by atoms with E-state index in [1.54, 1.807) is 24.3 Å². The highest BCUT2D eigenvalue weighted by Gasteiger charge is 2.24. The number of nitrogens with two attached hydrogens (primary N) is 1. The molecule has 1 unspecified atom stereocenters. The van der Waals surface area contributed by atoms with Gasteiger partial charge in [0.25, 0.3) is 0 Å². The number of nitrogen functional groups attached to an aromatic ring is 1. The van der Waals surface area contributed by atoms with Crippen LogP contribution in [0.4, 0.5) is 5.69 Å². The third-order valence-corrected chi connectivity index (χ3v) is 4.29. The highest BCUT2D eigenvalue weighted by atomic mass is 32.1. The lowest BCUT2D eigenvalue weighted by Crippen LogP contribution is -2.18.